The molecule has 12 heavy (non-hydrogen) atoms. The third kappa shape index (κ3) is 2.16. The van der Waals surface area contributed by atoms with Crippen LogP contribution in [0.1, 0.15) is 33.6 Å². The SMILES string of the molecule is CCC.C[C@H]1CC2=CN[CH]N2C1. The zero-order valence-corrected chi connectivity index (χ0v) is 8.30. The monoisotopic (exact) mass is 167 g/mol. The van der Waals surface area contributed by atoms with E-state index in [0.29, 0.717) is 0 Å². The van der Waals surface area contributed by atoms with Crippen molar-refractivity contribution < 1.29 is 0 Å². The Morgan fingerprint density at radius 3 is 2.83 bits per heavy atom. The lowest BCUT2D eigenvalue weighted by molar-refractivity contribution is 0.446. The van der Waals surface area contributed by atoms with Gasteiger partial charge < -0.3 is 10.2 Å². The van der Waals surface area contributed by atoms with Gasteiger partial charge in [-0.3, -0.25) is 0 Å². The Morgan fingerprint density at radius 2 is 2.25 bits per heavy atom. The largest absolute Gasteiger partial charge is 0.367 e. The molecule has 2 aliphatic rings. The van der Waals surface area contributed by atoms with Gasteiger partial charge in [0.25, 0.3) is 0 Å². The van der Waals surface area contributed by atoms with Gasteiger partial charge in [0.15, 0.2) is 0 Å². The standard InChI is InChI=1S/C7H11N2.C3H8/c1-6-2-7-3-8-5-9(7)4-6;1-3-2/h3,5-6,8H,2,4H2,1H3;3H2,1-2H3/t6-;/m0./s1. The first kappa shape index (κ1) is 9.43. The Kier molecular flexibility index (Phi) is 3.45. The molecule has 0 amide bonds. The Hall–Kier alpha value is -0.660. The van der Waals surface area contributed by atoms with Gasteiger partial charge in [0.1, 0.15) is 6.67 Å². The van der Waals surface area contributed by atoms with E-state index >= 15 is 0 Å². The van der Waals surface area contributed by atoms with Crippen molar-refractivity contribution in [2.24, 2.45) is 5.92 Å². The van der Waals surface area contributed by atoms with Gasteiger partial charge >= 0.3 is 0 Å². The molecular weight excluding hydrogens is 148 g/mol. The summed E-state index contributed by atoms with van der Waals surface area (Å²) in [4.78, 5) is 2.28. The first-order valence-corrected chi connectivity index (χ1v) is 4.83. The van der Waals surface area contributed by atoms with Gasteiger partial charge in [-0.05, 0) is 12.3 Å². The Morgan fingerprint density at radius 1 is 1.58 bits per heavy atom. The third-order valence-electron chi connectivity index (χ3n) is 1.92. The molecule has 2 aliphatic heterocycles. The summed E-state index contributed by atoms with van der Waals surface area (Å²) in [6, 6.07) is 0. The van der Waals surface area contributed by atoms with E-state index in [1.54, 1.807) is 0 Å². The predicted molar refractivity (Wildman–Crippen MR) is 52.0 cm³/mol. The van der Waals surface area contributed by atoms with Crippen molar-refractivity contribution >= 4 is 0 Å². The maximum absolute atomic E-state index is 3.08. The molecule has 0 saturated carbocycles. The summed E-state index contributed by atoms with van der Waals surface area (Å²) < 4.78 is 0. The Labute approximate surface area is 75.6 Å². The molecule has 0 spiro atoms. The van der Waals surface area contributed by atoms with Gasteiger partial charge in [0.05, 0.1) is 0 Å². The second kappa shape index (κ2) is 4.39. The molecule has 2 nitrogen and oxygen atoms in total. The molecule has 0 bridgehead atoms. The lowest BCUT2D eigenvalue weighted by atomic mass is 10.1. The maximum Gasteiger partial charge on any atom is 0.138 e. The topological polar surface area (TPSA) is 15.3 Å². The molecule has 2 heterocycles. The third-order valence-corrected chi connectivity index (χ3v) is 1.92. The molecule has 0 aromatic rings. The van der Waals surface area contributed by atoms with Crippen molar-refractivity contribution in [1.29, 1.82) is 0 Å². The molecule has 0 aliphatic carbocycles. The highest BCUT2D eigenvalue weighted by Gasteiger charge is 2.25. The molecular formula is C10H19N2. The minimum atomic E-state index is 0.842. The highest BCUT2D eigenvalue weighted by molar-refractivity contribution is 5.14. The number of rotatable bonds is 0. The molecule has 2 rings (SSSR count). The fourth-order valence-corrected chi connectivity index (χ4v) is 1.49. The summed E-state index contributed by atoms with van der Waals surface area (Å²) in [6.45, 7) is 9.77. The lowest BCUT2D eigenvalue weighted by Crippen LogP contribution is -2.15. The zero-order chi connectivity index (χ0) is 8.97. The Bertz CT molecular complexity index is 163. The van der Waals surface area contributed by atoms with Gasteiger partial charge in [-0.1, -0.05) is 27.2 Å². The van der Waals surface area contributed by atoms with E-state index in [2.05, 4.69) is 37.2 Å². The minimum Gasteiger partial charge on any atom is -0.367 e. The maximum atomic E-state index is 3.08. The molecule has 1 atom stereocenters. The second-order valence-electron chi connectivity index (χ2n) is 3.60. The second-order valence-corrected chi connectivity index (χ2v) is 3.60. The molecule has 2 heteroatoms. The molecule has 1 N–H and O–H groups in total. The van der Waals surface area contributed by atoms with Crippen molar-refractivity contribution in [2.45, 2.75) is 33.6 Å². The first-order chi connectivity index (χ1) is 5.77. The van der Waals surface area contributed by atoms with Crippen LogP contribution in [0.25, 0.3) is 0 Å². The molecule has 1 fully saturated rings. The number of nitrogens with one attached hydrogen (secondary N) is 1. The van der Waals surface area contributed by atoms with Crippen molar-refractivity contribution in [3.05, 3.63) is 18.6 Å². The van der Waals surface area contributed by atoms with Gasteiger partial charge in [-0.25, -0.2) is 0 Å². The summed E-state index contributed by atoms with van der Waals surface area (Å²) in [7, 11) is 0. The van der Waals surface area contributed by atoms with Gasteiger partial charge in [-0.15, -0.1) is 0 Å². The smallest absolute Gasteiger partial charge is 0.138 e. The van der Waals surface area contributed by atoms with E-state index in [9.17, 15) is 0 Å². The van der Waals surface area contributed by atoms with Gasteiger partial charge in [0, 0.05) is 18.4 Å². The molecule has 69 valence electrons. The molecule has 0 aromatic heterocycles. The average Bonchev–Trinajstić information content (AvgIpc) is 2.47. The summed E-state index contributed by atoms with van der Waals surface area (Å²) in [5.41, 5.74) is 1.45. The van der Waals surface area contributed by atoms with E-state index in [1.165, 1.54) is 25.1 Å². The zero-order valence-electron chi connectivity index (χ0n) is 8.30. The lowest BCUT2D eigenvalue weighted by Gasteiger charge is -2.10. The van der Waals surface area contributed by atoms with Crippen LogP contribution in [-0.4, -0.2) is 11.4 Å². The van der Waals surface area contributed by atoms with Crippen molar-refractivity contribution in [3.63, 3.8) is 0 Å². The normalized spacial score (nSPS) is 25.4. The molecule has 0 unspecified atom stereocenters. The van der Waals surface area contributed by atoms with Crippen molar-refractivity contribution in [2.75, 3.05) is 6.54 Å². The highest BCUT2D eigenvalue weighted by atomic mass is 15.3. The first-order valence-electron chi connectivity index (χ1n) is 4.83. The number of allylic oxidation sites excluding steroid dienone is 1. The van der Waals surface area contributed by atoms with Crippen LogP contribution in [-0.2, 0) is 0 Å². The van der Waals surface area contributed by atoms with E-state index in [0.717, 1.165) is 5.92 Å². The summed E-state index contributed by atoms with van der Waals surface area (Å²) in [5.74, 6) is 0.842. The van der Waals surface area contributed by atoms with Crippen LogP contribution in [0, 0.1) is 12.6 Å². The van der Waals surface area contributed by atoms with Crippen LogP contribution >= 0.6 is 0 Å². The van der Waals surface area contributed by atoms with Crippen LogP contribution in [0.2, 0.25) is 0 Å². The van der Waals surface area contributed by atoms with Crippen LogP contribution in [0.4, 0.5) is 0 Å². The number of hydrogen-bond donors (Lipinski definition) is 1. The van der Waals surface area contributed by atoms with Crippen LogP contribution < -0.4 is 5.32 Å². The number of nitrogens with zero attached hydrogens (tertiary/aromatic N) is 1. The number of hydrogen-bond acceptors (Lipinski definition) is 2. The van der Waals surface area contributed by atoms with Crippen LogP contribution in [0.15, 0.2) is 11.9 Å². The fourth-order valence-electron chi connectivity index (χ4n) is 1.49. The van der Waals surface area contributed by atoms with Crippen molar-refractivity contribution in [1.82, 2.24) is 10.2 Å². The quantitative estimate of drug-likeness (QED) is 0.595. The van der Waals surface area contributed by atoms with E-state index in [1.807, 2.05) is 6.67 Å². The van der Waals surface area contributed by atoms with E-state index in [-0.39, 0.29) is 0 Å². The van der Waals surface area contributed by atoms with Gasteiger partial charge in [-0.2, -0.15) is 0 Å². The molecule has 1 radical (unpaired) electrons. The average molecular weight is 167 g/mol. The molecule has 0 aromatic carbocycles. The summed E-state index contributed by atoms with van der Waals surface area (Å²) >= 11 is 0. The number of fused-ring (bicyclic) bond motifs is 1. The predicted octanol–water partition coefficient (Wildman–Crippen LogP) is 2.31. The summed E-state index contributed by atoms with van der Waals surface area (Å²) in [6.07, 6.45) is 4.58. The minimum absolute atomic E-state index is 0.842. The fraction of sp³-hybridized carbons (Fsp3) is 0.700. The van der Waals surface area contributed by atoms with Crippen LogP contribution in [0.5, 0.6) is 0 Å². The Balaban J connectivity index is 0.000000213. The highest BCUT2D eigenvalue weighted by Crippen LogP contribution is 2.28. The van der Waals surface area contributed by atoms with Crippen LogP contribution in [0.3, 0.4) is 0 Å². The van der Waals surface area contributed by atoms with Gasteiger partial charge in [0.2, 0.25) is 0 Å². The van der Waals surface area contributed by atoms with Crippen molar-refractivity contribution in [3.8, 4) is 0 Å². The summed E-state index contributed by atoms with van der Waals surface area (Å²) in [5, 5.41) is 3.08. The van der Waals surface area contributed by atoms with E-state index < -0.39 is 0 Å². The van der Waals surface area contributed by atoms with E-state index in [4.69, 9.17) is 0 Å². The molecule has 1 saturated heterocycles.